The molecule has 0 aliphatic carbocycles. The molecule has 5 nitrogen and oxygen atoms in total. The van der Waals surface area contributed by atoms with E-state index < -0.39 is 0 Å². The molecule has 0 bridgehead atoms. The van der Waals surface area contributed by atoms with E-state index in [1.54, 1.807) is 0 Å². The smallest absolute Gasteiger partial charge is 0.191 e. The molecule has 2 heterocycles. The quantitative estimate of drug-likeness (QED) is 0.629. The third-order valence-electron chi connectivity index (χ3n) is 4.36. The van der Waals surface area contributed by atoms with Crippen molar-refractivity contribution >= 4 is 17.7 Å². The summed E-state index contributed by atoms with van der Waals surface area (Å²) >= 11 is 1.95. The van der Waals surface area contributed by atoms with Crippen LogP contribution in [0.25, 0.3) is 0 Å². The van der Waals surface area contributed by atoms with Crippen LogP contribution in [0.5, 0.6) is 0 Å². The van der Waals surface area contributed by atoms with Crippen LogP contribution in [0.4, 0.5) is 0 Å². The van der Waals surface area contributed by atoms with E-state index in [4.69, 9.17) is 4.74 Å². The molecule has 6 heteroatoms. The molecule has 1 atom stereocenters. The lowest BCUT2D eigenvalue weighted by molar-refractivity contribution is 0.0389. The van der Waals surface area contributed by atoms with Crippen molar-refractivity contribution < 1.29 is 4.74 Å². The van der Waals surface area contributed by atoms with Gasteiger partial charge in [-0.25, -0.2) is 0 Å². The first-order chi connectivity index (χ1) is 11.4. The normalized spacial score (nSPS) is 22.0. The molecule has 23 heavy (non-hydrogen) atoms. The average Bonchev–Trinajstić information content (AvgIpc) is 3.02. The second-order valence-corrected chi connectivity index (χ2v) is 6.94. The summed E-state index contributed by atoms with van der Waals surface area (Å²) in [5.41, 5.74) is 1.47. The van der Waals surface area contributed by atoms with Crippen molar-refractivity contribution in [1.29, 1.82) is 0 Å². The Morgan fingerprint density at radius 1 is 1.30 bits per heavy atom. The van der Waals surface area contributed by atoms with Gasteiger partial charge in [-0.15, -0.1) is 11.8 Å². The summed E-state index contributed by atoms with van der Waals surface area (Å²) in [7, 11) is 1.83. The number of rotatable bonds is 5. The van der Waals surface area contributed by atoms with Crippen LogP contribution >= 0.6 is 11.8 Å². The zero-order valence-corrected chi connectivity index (χ0v) is 14.6. The van der Waals surface area contributed by atoms with Crippen LogP contribution < -0.4 is 10.6 Å². The van der Waals surface area contributed by atoms with E-state index >= 15 is 0 Å². The zero-order valence-electron chi connectivity index (χ0n) is 13.8. The summed E-state index contributed by atoms with van der Waals surface area (Å²) < 4.78 is 5.37. The highest BCUT2D eigenvalue weighted by Crippen LogP contribution is 2.38. The monoisotopic (exact) mass is 334 g/mol. The van der Waals surface area contributed by atoms with Gasteiger partial charge in [-0.1, -0.05) is 18.2 Å². The van der Waals surface area contributed by atoms with Crippen LogP contribution in [-0.4, -0.2) is 69.6 Å². The SMILES string of the molecule is CN=C(NCCN1CCOCC1)NCC1CSc2ccccc21. The summed E-state index contributed by atoms with van der Waals surface area (Å²) in [4.78, 5) is 8.18. The Hall–Kier alpha value is -1.24. The molecule has 1 aromatic rings. The second-order valence-electron chi connectivity index (χ2n) is 5.88. The number of hydrogen-bond acceptors (Lipinski definition) is 4. The van der Waals surface area contributed by atoms with Crippen molar-refractivity contribution in [2.75, 3.05) is 58.7 Å². The number of ether oxygens (including phenoxy) is 1. The van der Waals surface area contributed by atoms with Gasteiger partial charge in [0.2, 0.25) is 0 Å². The maximum atomic E-state index is 5.37. The van der Waals surface area contributed by atoms with E-state index in [1.807, 2.05) is 18.8 Å². The van der Waals surface area contributed by atoms with Crippen molar-refractivity contribution in [1.82, 2.24) is 15.5 Å². The van der Waals surface area contributed by atoms with E-state index in [0.29, 0.717) is 5.92 Å². The number of nitrogens with zero attached hydrogens (tertiary/aromatic N) is 2. The third kappa shape index (κ3) is 4.62. The molecule has 1 aromatic carbocycles. The molecule has 0 aromatic heterocycles. The van der Waals surface area contributed by atoms with Crippen LogP contribution in [0.3, 0.4) is 0 Å². The fraction of sp³-hybridized carbons (Fsp3) is 0.588. The second kappa shape index (κ2) is 8.57. The summed E-state index contributed by atoms with van der Waals surface area (Å²) in [6, 6.07) is 8.71. The minimum Gasteiger partial charge on any atom is -0.379 e. The van der Waals surface area contributed by atoms with E-state index in [-0.39, 0.29) is 0 Å². The largest absolute Gasteiger partial charge is 0.379 e. The van der Waals surface area contributed by atoms with E-state index in [9.17, 15) is 0 Å². The summed E-state index contributed by atoms with van der Waals surface area (Å²) in [6.07, 6.45) is 0. The Balaban J connectivity index is 1.40. The van der Waals surface area contributed by atoms with Gasteiger partial charge < -0.3 is 15.4 Å². The van der Waals surface area contributed by atoms with Crippen LogP contribution in [0.2, 0.25) is 0 Å². The van der Waals surface area contributed by atoms with Gasteiger partial charge >= 0.3 is 0 Å². The Kier molecular flexibility index (Phi) is 6.19. The molecule has 3 rings (SSSR count). The predicted molar refractivity (Wildman–Crippen MR) is 96.5 cm³/mol. The number of benzene rings is 1. The molecule has 1 saturated heterocycles. The fourth-order valence-electron chi connectivity index (χ4n) is 3.00. The van der Waals surface area contributed by atoms with Gasteiger partial charge in [-0.2, -0.15) is 0 Å². The number of morpholine rings is 1. The Labute approximate surface area is 142 Å². The highest BCUT2D eigenvalue weighted by molar-refractivity contribution is 7.99. The van der Waals surface area contributed by atoms with Crippen LogP contribution in [0.15, 0.2) is 34.2 Å². The molecule has 0 amide bonds. The Bertz CT molecular complexity index is 531. The Morgan fingerprint density at radius 3 is 2.96 bits per heavy atom. The van der Waals surface area contributed by atoms with Gasteiger partial charge in [0.15, 0.2) is 5.96 Å². The maximum Gasteiger partial charge on any atom is 0.191 e. The van der Waals surface area contributed by atoms with Crippen molar-refractivity contribution in [3.05, 3.63) is 29.8 Å². The van der Waals surface area contributed by atoms with Crippen LogP contribution in [0, 0.1) is 0 Å². The number of thioether (sulfide) groups is 1. The van der Waals surface area contributed by atoms with Crippen molar-refractivity contribution in [3.8, 4) is 0 Å². The standard InChI is InChI=1S/C17H26N4OS/c1-18-17(19-6-7-21-8-10-22-11-9-21)20-12-14-13-23-16-5-3-2-4-15(14)16/h2-5,14H,6-13H2,1H3,(H2,18,19,20). The predicted octanol–water partition coefficient (Wildman–Crippen LogP) is 1.37. The molecule has 2 aliphatic heterocycles. The molecule has 1 fully saturated rings. The molecule has 0 saturated carbocycles. The number of fused-ring (bicyclic) bond motifs is 1. The number of guanidine groups is 1. The zero-order chi connectivity index (χ0) is 15.9. The maximum absolute atomic E-state index is 5.37. The van der Waals surface area contributed by atoms with Gasteiger partial charge in [0.25, 0.3) is 0 Å². The molecular formula is C17H26N4OS. The highest BCUT2D eigenvalue weighted by atomic mass is 32.2. The minimum absolute atomic E-state index is 0.564. The van der Waals surface area contributed by atoms with Gasteiger partial charge in [0.1, 0.15) is 0 Å². The third-order valence-corrected chi connectivity index (χ3v) is 5.61. The van der Waals surface area contributed by atoms with E-state index in [2.05, 4.69) is 44.8 Å². The molecule has 0 spiro atoms. The summed E-state index contributed by atoms with van der Waals surface area (Å²) in [5.74, 6) is 2.61. The van der Waals surface area contributed by atoms with Gasteiger partial charge in [0.05, 0.1) is 13.2 Å². The summed E-state index contributed by atoms with van der Waals surface area (Å²) in [5, 5.41) is 6.89. The van der Waals surface area contributed by atoms with Crippen molar-refractivity contribution in [2.45, 2.75) is 10.8 Å². The van der Waals surface area contributed by atoms with E-state index in [0.717, 1.165) is 57.6 Å². The lowest BCUT2D eigenvalue weighted by atomic mass is 10.0. The molecule has 0 radical (unpaired) electrons. The van der Waals surface area contributed by atoms with Crippen LogP contribution in [-0.2, 0) is 4.74 Å². The number of nitrogens with one attached hydrogen (secondary N) is 2. The summed E-state index contributed by atoms with van der Waals surface area (Å²) in [6.45, 7) is 6.65. The fourth-order valence-corrected chi connectivity index (χ4v) is 4.25. The van der Waals surface area contributed by atoms with Crippen LogP contribution in [0.1, 0.15) is 11.5 Å². The lowest BCUT2D eigenvalue weighted by Gasteiger charge is -2.26. The highest BCUT2D eigenvalue weighted by Gasteiger charge is 2.22. The number of aliphatic imine (C=N–C) groups is 1. The van der Waals surface area contributed by atoms with E-state index in [1.165, 1.54) is 10.5 Å². The first-order valence-electron chi connectivity index (χ1n) is 8.33. The molecule has 126 valence electrons. The molecule has 2 aliphatic rings. The molecular weight excluding hydrogens is 308 g/mol. The first-order valence-corrected chi connectivity index (χ1v) is 9.31. The van der Waals surface area contributed by atoms with Gasteiger partial charge in [-0.3, -0.25) is 9.89 Å². The first kappa shape index (κ1) is 16.6. The lowest BCUT2D eigenvalue weighted by Crippen LogP contribution is -2.45. The van der Waals surface area contributed by atoms with Crippen molar-refractivity contribution in [2.24, 2.45) is 4.99 Å². The molecule has 1 unspecified atom stereocenters. The number of hydrogen-bond donors (Lipinski definition) is 2. The van der Waals surface area contributed by atoms with Crippen molar-refractivity contribution in [3.63, 3.8) is 0 Å². The average molecular weight is 334 g/mol. The van der Waals surface area contributed by atoms with Gasteiger partial charge in [0, 0.05) is 56.3 Å². The Morgan fingerprint density at radius 2 is 2.13 bits per heavy atom. The topological polar surface area (TPSA) is 48.9 Å². The van der Waals surface area contributed by atoms with Gasteiger partial charge in [-0.05, 0) is 11.6 Å². The molecule has 2 N–H and O–H groups in total. The minimum atomic E-state index is 0.564.